The first kappa shape index (κ1) is 19.1. The zero-order valence-corrected chi connectivity index (χ0v) is 15.6. The average Bonchev–Trinajstić information content (AvgIpc) is 2.60. The first-order valence-corrected chi connectivity index (χ1v) is 10.0. The van der Waals surface area contributed by atoms with Crippen molar-refractivity contribution in [3.8, 4) is 0 Å². The van der Waals surface area contributed by atoms with E-state index in [2.05, 4.69) is 11.0 Å². The predicted molar refractivity (Wildman–Crippen MR) is 103 cm³/mol. The summed E-state index contributed by atoms with van der Waals surface area (Å²) in [6.07, 6.45) is 0. The Kier molecular flexibility index (Phi) is 6.66. The molecule has 0 saturated heterocycles. The van der Waals surface area contributed by atoms with Crippen molar-refractivity contribution >= 4 is 38.4 Å². The summed E-state index contributed by atoms with van der Waals surface area (Å²) in [7, 11) is -1.73. The van der Waals surface area contributed by atoms with Crippen LogP contribution in [0.15, 0.2) is 64.6 Å². The number of hydrogen-bond donors (Lipinski definition) is 0. The number of carbonyl (C=O) groups is 1. The van der Waals surface area contributed by atoms with Gasteiger partial charge in [0.25, 0.3) is 0 Å². The summed E-state index contributed by atoms with van der Waals surface area (Å²) in [5.74, 6) is 3.01. The van der Waals surface area contributed by atoms with E-state index in [1.807, 2.05) is 61.5 Å². The molecule has 0 heterocycles. The monoisotopic (exact) mass is 377 g/mol. The van der Waals surface area contributed by atoms with Crippen LogP contribution in [0, 0.1) is 6.92 Å². The molecule has 0 aromatic heterocycles. The van der Waals surface area contributed by atoms with E-state index in [0.717, 1.165) is 27.8 Å². The molecule has 0 aliphatic rings. The number of nitrogens with zero attached hydrogens (tertiary/aromatic N) is 1. The topological polar surface area (TPSA) is 65.0 Å². The number of aryl methyl sites for hydroxylation is 1. The van der Waals surface area contributed by atoms with E-state index in [0.29, 0.717) is 0 Å². The zero-order chi connectivity index (χ0) is 18.3. The lowest BCUT2D eigenvalue weighted by molar-refractivity contribution is -0.132. The second-order valence-electron chi connectivity index (χ2n) is 5.25. The van der Waals surface area contributed by atoms with Crippen LogP contribution in [0.3, 0.4) is 0 Å². The lowest BCUT2D eigenvalue weighted by Crippen LogP contribution is -2.14. The average molecular weight is 377 g/mol. The number of hydrogen-bond acceptors (Lipinski definition) is 6. The van der Waals surface area contributed by atoms with Gasteiger partial charge in [-0.2, -0.15) is 0 Å². The minimum absolute atomic E-state index is 0.0456. The summed E-state index contributed by atoms with van der Waals surface area (Å²) in [6.45, 7) is 1.97. The Morgan fingerprint density at radius 2 is 1.80 bits per heavy atom. The standard InChI is InChI=1S/C18H19NO4S2/c1-14-9-11-16(12-10-14)24-17(18(20)22-2)19-23-25(3,21)13-15-7-5-4-6-8-15/h4-12H,3,13H2,1-2H3/b19-17-. The molecule has 132 valence electrons. The van der Waals surface area contributed by atoms with Gasteiger partial charge in [-0.15, -0.1) is 0 Å². The third-order valence-corrected chi connectivity index (χ3v) is 5.14. The van der Waals surface area contributed by atoms with Gasteiger partial charge in [0.2, 0.25) is 5.04 Å². The van der Waals surface area contributed by atoms with E-state index in [1.54, 1.807) is 0 Å². The summed E-state index contributed by atoms with van der Waals surface area (Å²) >= 11 is 1.07. The molecule has 7 heteroatoms. The fourth-order valence-corrected chi connectivity index (χ4v) is 3.61. The minimum atomic E-state index is -2.98. The van der Waals surface area contributed by atoms with Crippen LogP contribution in [-0.2, 0) is 29.4 Å². The van der Waals surface area contributed by atoms with Gasteiger partial charge in [-0.25, -0.2) is 9.00 Å². The molecular weight excluding hydrogens is 358 g/mol. The van der Waals surface area contributed by atoms with Gasteiger partial charge in [-0.05, 0) is 30.5 Å². The number of benzene rings is 2. The molecule has 0 radical (unpaired) electrons. The zero-order valence-electron chi connectivity index (χ0n) is 14.0. The van der Waals surface area contributed by atoms with Gasteiger partial charge in [0.1, 0.15) is 9.80 Å². The molecule has 2 aromatic carbocycles. The summed E-state index contributed by atoms with van der Waals surface area (Å²) in [5.41, 5.74) is 1.91. The maximum atomic E-state index is 12.5. The second kappa shape index (κ2) is 8.73. The molecule has 25 heavy (non-hydrogen) atoms. The largest absolute Gasteiger partial charge is 0.464 e. The number of oxime groups is 1. The molecular formula is C18H19NO4S2. The molecule has 2 aromatic rings. The Morgan fingerprint density at radius 1 is 1.16 bits per heavy atom. The van der Waals surface area contributed by atoms with Crippen LogP contribution < -0.4 is 0 Å². The predicted octanol–water partition coefficient (Wildman–Crippen LogP) is 3.42. The van der Waals surface area contributed by atoms with E-state index in [-0.39, 0.29) is 10.8 Å². The molecule has 1 atom stereocenters. The Morgan fingerprint density at radius 3 is 2.40 bits per heavy atom. The molecule has 0 bridgehead atoms. The highest BCUT2D eigenvalue weighted by Gasteiger charge is 2.17. The SMILES string of the molecule is C=S(=O)(Cc1ccccc1)O/N=C(\Sc1ccc(C)cc1)C(=O)OC. The van der Waals surface area contributed by atoms with Crippen LogP contribution in [0.1, 0.15) is 11.1 Å². The van der Waals surface area contributed by atoms with E-state index in [4.69, 9.17) is 9.02 Å². The van der Waals surface area contributed by atoms with E-state index >= 15 is 0 Å². The Balaban J connectivity index is 2.14. The van der Waals surface area contributed by atoms with Gasteiger partial charge in [-0.1, -0.05) is 64.9 Å². The first-order valence-electron chi connectivity index (χ1n) is 7.38. The van der Waals surface area contributed by atoms with Crippen LogP contribution >= 0.6 is 11.8 Å². The fraction of sp³-hybridized carbons (Fsp3) is 0.167. The number of thioether (sulfide) groups is 1. The van der Waals surface area contributed by atoms with Crippen molar-refractivity contribution in [1.82, 2.24) is 0 Å². The van der Waals surface area contributed by atoms with Crippen molar-refractivity contribution in [3.05, 3.63) is 65.7 Å². The molecule has 0 aliphatic heterocycles. The van der Waals surface area contributed by atoms with Crippen molar-refractivity contribution in [1.29, 1.82) is 0 Å². The highest BCUT2D eigenvalue weighted by Crippen LogP contribution is 2.21. The number of carbonyl (C=O) groups excluding carboxylic acids is 1. The molecule has 5 nitrogen and oxygen atoms in total. The van der Waals surface area contributed by atoms with Gasteiger partial charge in [-0.3, -0.25) is 0 Å². The smallest absolute Gasteiger partial charge is 0.367 e. The highest BCUT2D eigenvalue weighted by atomic mass is 32.2. The molecule has 0 aliphatic carbocycles. The quantitative estimate of drug-likeness (QED) is 0.199. The molecule has 0 saturated carbocycles. The molecule has 0 N–H and O–H groups in total. The lowest BCUT2D eigenvalue weighted by Gasteiger charge is -2.08. The van der Waals surface area contributed by atoms with Crippen LogP contribution in [0.5, 0.6) is 0 Å². The Hall–Kier alpha value is -2.25. The van der Waals surface area contributed by atoms with Crippen molar-refractivity contribution in [2.24, 2.45) is 5.16 Å². The fourth-order valence-electron chi connectivity index (χ4n) is 1.86. The molecule has 0 spiro atoms. The number of esters is 1. The van der Waals surface area contributed by atoms with Crippen LogP contribution in [0.4, 0.5) is 0 Å². The van der Waals surface area contributed by atoms with Crippen LogP contribution in [-0.4, -0.2) is 28.2 Å². The Bertz CT molecular complexity index is 844. The summed E-state index contributed by atoms with van der Waals surface area (Å²) < 4.78 is 22.3. The number of methoxy groups -OCH3 is 1. The van der Waals surface area contributed by atoms with Gasteiger partial charge in [0.05, 0.1) is 12.9 Å². The lowest BCUT2D eigenvalue weighted by atomic mass is 10.2. The normalized spacial score (nSPS) is 13.8. The van der Waals surface area contributed by atoms with Crippen molar-refractivity contribution < 1.29 is 18.0 Å². The van der Waals surface area contributed by atoms with Crippen molar-refractivity contribution in [2.45, 2.75) is 17.6 Å². The number of rotatable bonds is 5. The molecule has 1 unspecified atom stereocenters. The second-order valence-corrected chi connectivity index (χ2v) is 8.24. The van der Waals surface area contributed by atoms with Gasteiger partial charge < -0.3 is 9.02 Å². The summed E-state index contributed by atoms with van der Waals surface area (Å²) in [5, 5.41) is 3.70. The maximum Gasteiger partial charge on any atom is 0.367 e. The van der Waals surface area contributed by atoms with Crippen LogP contribution in [0.25, 0.3) is 0 Å². The van der Waals surface area contributed by atoms with Crippen molar-refractivity contribution in [3.63, 3.8) is 0 Å². The third kappa shape index (κ3) is 6.28. The van der Waals surface area contributed by atoms with Crippen LogP contribution in [0.2, 0.25) is 0 Å². The van der Waals surface area contributed by atoms with E-state index in [9.17, 15) is 9.00 Å². The van der Waals surface area contributed by atoms with E-state index in [1.165, 1.54) is 7.11 Å². The maximum absolute atomic E-state index is 12.5. The summed E-state index contributed by atoms with van der Waals surface area (Å²) in [6, 6.07) is 16.7. The summed E-state index contributed by atoms with van der Waals surface area (Å²) in [4.78, 5) is 12.7. The molecule has 0 amide bonds. The van der Waals surface area contributed by atoms with Gasteiger partial charge >= 0.3 is 5.97 Å². The minimum Gasteiger partial charge on any atom is -0.464 e. The Labute approximate surface area is 152 Å². The van der Waals surface area contributed by atoms with Gasteiger partial charge in [0.15, 0.2) is 0 Å². The number of ether oxygens (including phenoxy) is 1. The molecule has 0 fully saturated rings. The van der Waals surface area contributed by atoms with Crippen molar-refractivity contribution in [2.75, 3.05) is 7.11 Å². The van der Waals surface area contributed by atoms with E-state index < -0.39 is 15.8 Å². The molecule has 2 rings (SSSR count). The highest BCUT2D eigenvalue weighted by molar-refractivity contribution is 8.15. The third-order valence-electron chi connectivity index (χ3n) is 3.08. The first-order chi connectivity index (χ1) is 11.9. The van der Waals surface area contributed by atoms with Gasteiger partial charge in [0, 0.05) is 4.90 Å².